The first-order chi connectivity index (χ1) is 5.61. The van der Waals surface area contributed by atoms with Gasteiger partial charge in [-0.2, -0.15) is 0 Å². The van der Waals surface area contributed by atoms with E-state index >= 15 is 0 Å². The SMILES string of the molecule is CC(C)N(C)C(=O)NC1CCC1. The van der Waals surface area contributed by atoms with Crippen molar-refractivity contribution >= 4 is 6.03 Å². The van der Waals surface area contributed by atoms with Crippen molar-refractivity contribution < 1.29 is 4.79 Å². The molecule has 0 unspecified atom stereocenters. The van der Waals surface area contributed by atoms with Crippen molar-refractivity contribution in [3.05, 3.63) is 0 Å². The number of hydrogen-bond donors (Lipinski definition) is 1. The minimum Gasteiger partial charge on any atom is -0.335 e. The fraction of sp³-hybridized carbons (Fsp3) is 0.889. The molecule has 0 spiro atoms. The number of amides is 2. The van der Waals surface area contributed by atoms with Gasteiger partial charge in [-0.05, 0) is 33.1 Å². The summed E-state index contributed by atoms with van der Waals surface area (Å²) in [7, 11) is 1.83. The van der Waals surface area contributed by atoms with Crippen LogP contribution < -0.4 is 5.32 Å². The van der Waals surface area contributed by atoms with E-state index in [2.05, 4.69) is 5.32 Å². The molecule has 12 heavy (non-hydrogen) atoms. The Labute approximate surface area is 74.1 Å². The molecular weight excluding hydrogens is 152 g/mol. The summed E-state index contributed by atoms with van der Waals surface area (Å²) < 4.78 is 0. The van der Waals surface area contributed by atoms with Gasteiger partial charge in [-0.25, -0.2) is 4.79 Å². The fourth-order valence-electron chi connectivity index (χ4n) is 1.06. The van der Waals surface area contributed by atoms with Crippen LogP contribution in [0, 0.1) is 0 Å². The van der Waals surface area contributed by atoms with E-state index in [0.29, 0.717) is 6.04 Å². The Morgan fingerprint density at radius 1 is 1.50 bits per heavy atom. The highest BCUT2D eigenvalue weighted by atomic mass is 16.2. The summed E-state index contributed by atoms with van der Waals surface area (Å²) in [6.45, 7) is 4.03. The van der Waals surface area contributed by atoms with Crippen molar-refractivity contribution in [2.24, 2.45) is 0 Å². The van der Waals surface area contributed by atoms with Crippen molar-refractivity contribution in [2.45, 2.75) is 45.2 Å². The lowest BCUT2D eigenvalue weighted by Crippen LogP contribution is -2.47. The lowest BCUT2D eigenvalue weighted by molar-refractivity contribution is 0.186. The predicted molar refractivity (Wildman–Crippen MR) is 49.1 cm³/mol. The first kappa shape index (κ1) is 9.36. The second kappa shape index (κ2) is 3.78. The molecule has 3 nitrogen and oxygen atoms in total. The summed E-state index contributed by atoms with van der Waals surface area (Å²) in [5, 5.41) is 2.98. The third-order valence-electron chi connectivity index (χ3n) is 2.53. The maximum absolute atomic E-state index is 11.4. The van der Waals surface area contributed by atoms with E-state index in [-0.39, 0.29) is 12.1 Å². The Kier molecular flexibility index (Phi) is 2.95. The van der Waals surface area contributed by atoms with Crippen LogP contribution in [0.4, 0.5) is 4.79 Å². The molecule has 1 rings (SSSR count). The van der Waals surface area contributed by atoms with Crippen LogP contribution in [0.25, 0.3) is 0 Å². The second-order valence-corrected chi connectivity index (χ2v) is 3.78. The maximum Gasteiger partial charge on any atom is 0.317 e. The molecule has 0 aliphatic heterocycles. The first-order valence-corrected chi connectivity index (χ1v) is 4.64. The highest BCUT2D eigenvalue weighted by Crippen LogP contribution is 2.18. The normalized spacial score (nSPS) is 17.3. The number of carbonyl (C=O) groups excluding carboxylic acids is 1. The smallest absolute Gasteiger partial charge is 0.317 e. The molecule has 1 saturated carbocycles. The summed E-state index contributed by atoms with van der Waals surface area (Å²) in [6, 6.07) is 0.790. The van der Waals surface area contributed by atoms with E-state index in [4.69, 9.17) is 0 Å². The van der Waals surface area contributed by atoms with Crippen LogP contribution in [0.15, 0.2) is 0 Å². The first-order valence-electron chi connectivity index (χ1n) is 4.64. The van der Waals surface area contributed by atoms with Crippen LogP contribution in [-0.4, -0.2) is 30.1 Å². The minimum absolute atomic E-state index is 0.0645. The van der Waals surface area contributed by atoms with Crippen LogP contribution in [0.3, 0.4) is 0 Å². The highest BCUT2D eigenvalue weighted by molar-refractivity contribution is 5.74. The zero-order valence-electron chi connectivity index (χ0n) is 8.13. The summed E-state index contributed by atoms with van der Waals surface area (Å²) in [5.74, 6) is 0. The van der Waals surface area contributed by atoms with E-state index < -0.39 is 0 Å². The lowest BCUT2D eigenvalue weighted by Gasteiger charge is -2.30. The van der Waals surface area contributed by atoms with Gasteiger partial charge in [0.15, 0.2) is 0 Å². The Morgan fingerprint density at radius 3 is 2.42 bits per heavy atom. The Bertz CT molecular complexity index is 164. The number of hydrogen-bond acceptors (Lipinski definition) is 1. The van der Waals surface area contributed by atoms with Crippen molar-refractivity contribution in [2.75, 3.05) is 7.05 Å². The molecule has 70 valence electrons. The largest absolute Gasteiger partial charge is 0.335 e. The molecule has 0 radical (unpaired) electrons. The van der Waals surface area contributed by atoms with Crippen LogP contribution in [0.2, 0.25) is 0 Å². The van der Waals surface area contributed by atoms with Gasteiger partial charge in [-0.15, -0.1) is 0 Å². The van der Waals surface area contributed by atoms with Crippen molar-refractivity contribution in [3.8, 4) is 0 Å². The Hall–Kier alpha value is -0.730. The monoisotopic (exact) mass is 170 g/mol. The van der Waals surface area contributed by atoms with Gasteiger partial charge < -0.3 is 10.2 Å². The molecule has 1 aliphatic carbocycles. The van der Waals surface area contributed by atoms with Crippen LogP contribution in [0.1, 0.15) is 33.1 Å². The van der Waals surface area contributed by atoms with Gasteiger partial charge in [-0.3, -0.25) is 0 Å². The molecule has 0 aromatic carbocycles. The van der Waals surface area contributed by atoms with Crippen LogP contribution in [0.5, 0.6) is 0 Å². The van der Waals surface area contributed by atoms with E-state index in [1.165, 1.54) is 6.42 Å². The lowest BCUT2D eigenvalue weighted by atomic mass is 9.93. The molecule has 1 N–H and O–H groups in total. The van der Waals surface area contributed by atoms with Gasteiger partial charge in [-0.1, -0.05) is 0 Å². The molecule has 0 bridgehead atoms. The summed E-state index contributed by atoms with van der Waals surface area (Å²) in [6.07, 6.45) is 3.56. The van der Waals surface area contributed by atoms with E-state index in [0.717, 1.165) is 12.8 Å². The quantitative estimate of drug-likeness (QED) is 0.670. The standard InChI is InChI=1S/C9H18N2O/c1-7(2)11(3)9(12)10-8-5-4-6-8/h7-8H,4-6H2,1-3H3,(H,10,12). The number of rotatable bonds is 2. The third-order valence-corrected chi connectivity index (χ3v) is 2.53. The van der Waals surface area contributed by atoms with Crippen molar-refractivity contribution in [1.29, 1.82) is 0 Å². The van der Waals surface area contributed by atoms with Gasteiger partial charge >= 0.3 is 6.03 Å². The highest BCUT2D eigenvalue weighted by Gasteiger charge is 2.21. The molecule has 2 amide bonds. The number of nitrogens with zero attached hydrogens (tertiary/aromatic N) is 1. The summed E-state index contributed by atoms with van der Waals surface area (Å²) in [4.78, 5) is 13.1. The molecular formula is C9H18N2O. The van der Waals surface area contributed by atoms with Gasteiger partial charge in [0, 0.05) is 19.1 Å². The van der Waals surface area contributed by atoms with Gasteiger partial charge in [0.05, 0.1) is 0 Å². The van der Waals surface area contributed by atoms with E-state index in [1.807, 2.05) is 20.9 Å². The second-order valence-electron chi connectivity index (χ2n) is 3.78. The molecule has 0 heterocycles. The van der Waals surface area contributed by atoms with E-state index in [9.17, 15) is 4.79 Å². The average molecular weight is 170 g/mol. The fourth-order valence-corrected chi connectivity index (χ4v) is 1.06. The molecule has 1 aliphatic rings. The summed E-state index contributed by atoms with van der Waals surface area (Å²) in [5.41, 5.74) is 0. The molecule has 0 aromatic heterocycles. The predicted octanol–water partition coefficient (Wildman–Crippen LogP) is 1.59. The molecule has 3 heteroatoms. The van der Waals surface area contributed by atoms with Crippen molar-refractivity contribution in [1.82, 2.24) is 10.2 Å². The molecule has 0 saturated heterocycles. The van der Waals surface area contributed by atoms with Gasteiger partial charge in [0.25, 0.3) is 0 Å². The van der Waals surface area contributed by atoms with Crippen LogP contribution in [-0.2, 0) is 0 Å². The Balaban J connectivity index is 2.26. The number of carbonyl (C=O) groups is 1. The molecule has 0 atom stereocenters. The minimum atomic E-state index is 0.0645. The van der Waals surface area contributed by atoms with Gasteiger partial charge in [0.2, 0.25) is 0 Å². The topological polar surface area (TPSA) is 32.3 Å². The number of urea groups is 1. The summed E-state index contributed by atoms with van der Waals surface area (Å²) >= 11 is 0. The average Bonchev–Trinajstić information content (AvgIpc) is 1.94. The Morgan fingerprint density at radius 2 is 2.08 bits per heavy atom. The molecule has 1 fully saturated rings. The van der Waals surface area contributed by atoms with Crippen LogP contribution >= 0.6 is 0 Å². The van der Waals surface area contributed by atoms with Gasteiger partial charge in [0.1, 0.15) is 0 Å². The zero-order valence-corrected chi connectivity index (χ0v) is 8.13. The zero-order chi connectivity index (χ0) is 9.14. The van der Waals surface area contributed by atoms with Crippen molar-refractivity contribution in [3.63, 3.8) is 0 Å². The third kappa shape index (κ3) is 2.13. The van der Waals surface area contributed by atoms with E-state index in [1.54, 1.807) is 4.90 Å². The number of nitrogens with one attached hydrogen (secondary N) is 1. The maximum atomic E-state index is 11.4. The molecule has 0 aromatic rings.